The Morgan fingerprint density at radius 3 is 2.33 bits per heavy atom. The maximum atomic E-state index is 6.16. The number of hydrogen-bond acceptors (Lipinski definition) is 2. The van der Waals surface area contributed by atoms with E-state index in [1.54, 1.807) is 0 Å². The molecule has 0 fully saturated rings. The van der Waals surface area contributed by atoms with Crippen molar-refractivity contribution in [3.8, 4) is 0 Å². The second-order valence-electron chi connectivity index (χ2n) is 5.49. The molecule has 1 atom stereocenters. The monoisotopic (exact) mass is 309 g/mol. The molecule has 2 nitrogen and oxygen atoms in total. The minimum atomic E-state index is -0.0452. The quantitative estimate of drug-likeness (QED) is 0.869. The summed E-state index contributed by atoms with van der Waals surface area (Å²) < 4.78 is 7.08. The molecule has 2 rings (SSSR count). The van der Waals surface area contributed by atoms with E-state index in [-0.39, 0.29) is 6.04 Å². The van der Waals surface area contributed by atoms with Gasteiger partial charge in [0.05, 0.1) is 6.04 Å². The van der Waals surface area contributed by atoms with Crippen molar-refractivity contribution in [2.45, 2.75) is 39.7 Å². The second kappa shape index (κ2) is 5.06. The van der Waals surface area contributed by atoms with Crippen LogP contribution < -0.4 is 5.73 Å². The molecule has 3 heteroatoms. The molecule has 1 heterocycles. The number of nitrogens with two attached hydrogens (primary N) is 1. The number of hydrogen-bond donors (Lipinski definition) is 1. The van der Waals surface area contributed by atoms with Gasteiger partial charge in [0.25, 0.3) is 0 Å². The Bertz CT molecular complexity index is 557. The number of rotatable bonds is 3. The summed E-state index contributed by atoms with van der Waals surface area (Å²) in [4.78, 5) is 0. The molecule has 1 aromatic heterocycles. The standard InChI is InChI=1S/C15H20BrNO/c1-8(2)12-7-11(16)5-10-6-13(18-15(10)12)14(17)9(3)4/h5-9,14H,17H2,1-4H3. The van der Waals surface area contributed by atoms with Gasteiger partial charge >= 0.3 is 0 Å². The van der Waals surface area contributed by atoms with Crippen molar-refractivity contribution < 1.29 is 4.42 Å². The lowest BCUT2D eigenvalue weighted by atomic mass is 10.0. The van der Waals surface area contributed by atoms with Crippen LogP contribution in [-0.4, -0.2) is 0 Å². The van der Waals surface area contributed by atoms with Crippen LogP contribution in [0.15, 0.2) is 27.1 Å². The Kier molecular flexibility index (Phi) is 3.83. The van der Waals surface area contributed by atoms with E-state index < -0.39 is 0 Å². The van der Waals surface area contributed by atoms with E-state index in [4.69, 9.17) is 10.2 Å². The first-order chi connectivity index (χ1) is 8.40. The maximum absolute atomic E-state index is 6.16. The molecule has 18 heavy (non-hydrogen) atoms. The van der Waals surface area contributed by atoms with Crippen LogP contribution in [0.25, 0.3) is 11.0 Å². The van der Waals surface area contributed by atoms with E-state index >= 15 is 0 Å². The molecule has 0 radical (unpaired) electrons. The molecular formula is C15H20BrNO. The highest BCUT2D eigenvalue weighted by atomic mass is 79.9. The first-order valence-corrected chi connectivity index (χ1v) is 7.18. The molecule has 0 saturated carbocycles. The molecule has 0 aliphatic carbocycles. The van der Waals surface area contributed by atoms with Gasteiger partial charge in [-0.25, -0.2) is 0 Å². The van der Waals surface area contributed by atoms with E-state index in [2.05, 4.69) is 61.8 Å². The van der Waals surface area contributed by atoms with Crippen LogP contribution >= 0.6 is 15.9 Å². The zero-order chi connectivity index (χ0) is 13.4. The third-order valence-electron chi connectivity index (χ3n) is 3.30. The predicted molar refractivity (Wildman–Crippen MR) is 79.8 cm³/mol. The smallest absolute Gasteiger partial charge is 0.137 e. The van der Waals surface area contributed by atoms with Gasteiger partial charge in [0, 0.05) is 9.86 Å². The van der Waals surface area contributed by atoms with Crippen LogP contribution in [0.4, 0.5) is 0 Å². The average molecular weight is 310 g/mol. The minimum absolute atomic E-state index is 0.0452. The number of halogens is 1. The molecule has 0 bridgehead atoms. The molecular weight excluding hydrogens is 290 g/mol. The molecule has 2 N–H and O–H groups in total. The molecule has 98 valence electrons. The van der Waals surface area contributed by atoms with Crippen molar-refractivity contribution >= 4 is 26.9 Å². The summed E-state index contributed by atoms with van der Waals surface area (Å²) in [5.41, 5.74) is 8.36. The van der Waals surface area contributed by atoms with Crippen LogP contribution in [0.5, 0.6) is 0 Å². The van der Waals surface area contributed by atoms with Crippen molar-refractivity contribution in [3.05, 3.63) is 34.0 Å². The Morgan fingerprint density at radius 1 is 1.11 bits per heavy atom. The minimum Gasteiger partial charge on any atom is -0.459 e. The lowest BCUT2D eigenvalue weighted by molar-refractivity contribution is 0.417. The van der Waals surface area contributed by atoms with E-state index in [0.717, 1.165) is 21.2 Å². The van der Waals surface area contributed by atoms with Crippen LogP contribution in [0.3, 0.4) is 0 Å². The zero-order valence-electron chi connectivity index (χ0n) is 11.3. The highest BCUT2D eigenvalue weighted by Gasteiger charge is 2.18. The summed E-state index contributed by atoms with van der Waals surface area (Å²) in [6, 6.07) is 6.23. The number of fused-ring (bicyclic) bond motifs is 1. The Balaban J connectivity index is 2.60. The fraction of sp³-hybridized carbons (Fsp3) is 0.467. The van der Waals surface area contributed by atoms with Gasteiger partial charge in [-0.15, -0.1) is 0 Å². The Hall–Kier alpha value is -0.800. The number of furan rings is 1. The molecule has 0 aliphatic heterocycles. The molecule has 1 unspecified atom stereocenters. The highest BCUT2D eigenvalue weighted by molar-refractivity contribution is 9.10. The van der Waals surface area contributed by atoms with Gasteiger partial charge in [-0.2, -0.15) is 0 Å². The average Bonchev–Trinajstić information content (AvgIpc) is 2.69. The van der Waals surface area contributed by atoms with Crippen LogP contribution in [0.1, 0.15) is 51.0 Å². The molecule has 2 aromatic rings. The summed E-state index contributed by atoms with van der Waals surface area (Å²) in [6.45, 7) is 8.56. The van der Waals surface area contributed by atoms with Gasteiger partial charge in [0.2, 0.25) is 0 Å². The van der Waals surface area contributed by atoms with Crippen LogP contribution in [-0.2, 0) is 0 Å². The summed E-state index contributed by atoms with van der Waals surface area (Å²) in [5, 5.41) is 1.12. The van der Waals surface area contributed by atoms with Crippen LogP contribution in [0, 0.1) is 5.92 Å². The van der Waals surface area contributed by atoms with Crippen molar-refractivity contribution in [1.82, 2.24) is 0 Å². The largest absolute Gasteiger partial charge is 0.459 e. The SMILES string of the molecule is CC(C)c1cc(Br)cc2cc(C(N)C(C)C)oc12. The van der Waals surface area contributed by atoms with Gasteiger partial charge in [-0.1, -0.05) is 43.6 Å². The summed E-state index contributed by atoms with van der Waals surface area (Å²) in [5.74, 6) is 1.68. The fourth-order valence-electron chi connectivity index (χ4n) is 2.08. The van der Waals surface area contributed by atoms with E-state index in [1.807, 2.05) is 0 Å². The summed E-state index contributed by atoms with van der Waals surface area (Å²) in [7, 11) is 0. The normalized spacial score (nSPS) is 13.8. The molecule has 1 aromatic carbocycles. The van der Waals surface area contributed by atoms with E-state index in [9.17, 15) is 0 Å². The lowest BCUT2D eigenvalue weighted by Gasteiger charge is -2.12. The predicted octanol–water partition coefficient (Wildman–Crippen LogP) is 4.97. The molecule has 0 aliphatic rings. The van der Waals surface area contributed by atoms with Crippen molar-refractivity contribution in [2.75, 3.05) is 0 Å². The van der Waals surface area contributed by atoms with E-state index in [0.29, 0.717) is 11.8 Å². The van der Waals surface area contributed by atoms with Gasteiger partial charge in [-0.05, 0) is 35.6 Å². The first-order valence-electron chi connectivity index (χ1n) is 6.38. The summed E-state index contributed by atoms with van der Waals surface area (Å²) in [6.07, 6.45) is 0. The highest BCUT2D eigenvalue weighted by Crippen LogP contribution is 2.34. The third kappa shape index (κ3) is 2.47. The fourth-order valence-corrected chi connectivity index (χ4v) is 2.58. The summed E-state index contributed by atoms with van der Waals surface area (Å²) >= 11 is 3.55. The number of benzene rings is 1. The first kappa shape index (κ1) is 13.6. The molecule has 0 saturated heterocycles. The van der Waals surface area contributed by atoms with Crippen molar-refractivity contribution in [1.29, 1.82) is 0 Å². The molecule has 0 amide bonds. The van der Waals surface area contributed by atoms with Gasteiger partial charge in [0.1, 0.15) is 11.3 Å². The van der Waals surface area contributed by atoms with Crippen molar-refractivity contribution in [3.63, 3.8) is 0 Å². The third-order valence-corrected chi connectivity index (χ3v) is 3.76. The zero-order valence-corrected chi connectivity index (χ0v) is 12.9. The van der Waals surface area contributed by atoms with Gasteiger partial charge in [0.15, 0.2) is 0 Å². The lowest BCUT2D eigenvalue weighted by Crippen LogP contribution is -2.15. The maximum Gasteiger partial charge on any atom is 0.137 e. The Morgan fingerprint density at radius 2 is 1.78 bits per heavy atom. The van der Waals surface area contributed by atoms with E-state index in [1.165, 1.54) is 5.56 Å². The second-order valence-corrected chi connectivity index (χ2v) is 6.40. The van der Waals surface area contributed by atoms with Crippen molar-refractivity contribution in [2.24, 2.45) is 11.7 Å². The van der Waals surface area contributed by atoms with Gasteiger partial charge < -0.3 is 10.2 Å². The van der Waals surface area contributed by atoms with Crippen LogP contribution in [0.2, 0.25) is 0 Å². The van der Waals surface area contributed by atoms with Gasteiger partial charge in [-0.3, -0.25) is 0 Å². The Labute approximate surface area is 117 Å². The topological polar surface area (TPSA) is 39.2 Å². The molecule has 0 spiro atoms.